The molecule has 1 aromatic rings. The number of hydrogen-bond acceptors (Lipinski definition) is 4. The Balaban J connectivity index is 2.21. The van der Waals surface area contributed by atoms with Gasteiger partial charge in [0.25, 0.3) is 0 Å². The van der Waals surface area contributed by atoms with E-state index in [1.165, 1.54) is 0 Å². The molecule has 0 aliphatic carbocycles. The largest absolute Gasteiger partial charge is 0.494 e. The first-order valence-electron chi connectivity index (χ1n) is 6.07. The molecule has 5 heteroatoms. The summed E-state index contributed by atoms with van der Waals surface area (Å²) in [5, 5.41) is 0. The molecular formula is C13H20N2O3. The summed E-state index contributed by atoms with van der Waals surface area (Å²) in [5.74, 6) is 1.58. The average Bonchev–Trinajstić information content (AvgIpc) is 2.37. The Hall–Kier alpha value is -1.75. The molecule has 0 bridgehead atoms. The first-order chi connectivity index (χ1) is 8.76. The van der Waals surface area contributed by atoms with Gasteiger partial charge in [0.15, 0.2) is 0 Å². The summed E-state index contributed by atoms with van der Waals surface area (Å²) in [6.07, 6.45) is 1.12. The topological polar surface area (TPSA) is 59.6 Å². The van der Waals surface area contributed by atoms with Crippen LogP contribution in [0.3, 0.4) is 0 Å². The molecule has 0 heterocycles. The van der Waals surface area contributed by atoms with Crippen molar-refractivity contribution < 1.29 is 14.3 Å². The van der Waals surface area contributed by atoms with Crippen LogP contribution in [0.1, 0.15) is 19.8 Å². The van der Waals surface area contributed by atoms with Crippen molar-refractivity contribution >= 4 is 5.91 Å². The van der Waals surface area contributed by atoms with Crippen molar-refractivity contribution in [2.75, 3.05) is 20.3 Å². The van der Waals surface area contributed by atoms with E-state index in [1.54, 1.807) is 7.05 Å². The van der Waals surface area contributed by atoms with E-state index >= 15 is 0 Å². The molecule has 0 aromatic heterocycles. The van der Waals surface area contributed by atoms with E-state index in [4.69, 9.17) is 9.47 Å². The summed E-state index contributed by atoms with van der Waals surface area (Å²) in [6, 6.07) is 7.45. The van der Waals surface area contributed by atoms with E-state index in [0.29, 0.717) is 26.1 Å². The molecular weight excluding hydrogens is 232 g/mol. The highest BCUT2D eigenvalue weighted by Gasteiger charge is 2.00. The molecule has 5 nitrogen and oxygen atoms in total. The van der Waals surface area contributed by atoms with E-state index in [-0.39, 0.29) is 5.91 Å². The van der Waals surface area contributed by atoms with Gasteiger partial charge in [-0.15, -0.1) is 0 Å². The first kappa shape index (κ1) is 14.3. The van der Waals surface area contributed by atoms with Gasteiger partial charge in [0, 0.05) is 13.5 Å². The van der Waals surface area contributed by atoms with Crippen LogP contribution in [0.15, 0.2) is 24.3 Å². The number of nitrogens with one attached hydrogen (secondary N) is 2. The van der Waals surface area contributed by atoms with Crippen LogP contribution in [-0.4, -0.2) is 26.2 Å². The predicted molar refractivity (Wildman–Crippen MR) is 69.5 cm³/mol. The monoisotopic (exact) mass is 252 g/mol. The number of ether oxygens (including phenoxy) is 2. The van der Waals surface area contributed by atoms with Crippen molar-refractivity contribution in [3.05, 3.63) is 24.3 Å². The Morgan fingerprint density at radius 2 is 1.78 bits per heavy atom. The van der Waals surface area contributed by atoms with Crippen LogP contribution in [0.2, 0.25) is 0 Å². The average molecular weight is 252 g/mol. The third-order valence-corrected chi connectivity index (χ3v) is 2.22. The highest BCUT2D eigenvalue weighted by molar-refractivity contribution is 5.75. The molecule has 1 amide bonds. The summed E-state index contributed by atoms with van der Waals surface area (Å²) in [5.41, 5.74) is 5.09. The minimum atomic E-state index is -0.0345. The van der Waals surface area contributed by atoms with E-state index < -0.39 is 0 Å². The Morgan fingerprint density at radius 1 is 1.17 bits per heavy atom. The zero-order valence-corrected chi connectivity index (χ0v) is 10.9. The van der Waals surface area contributed by atoms with Crippen LogP contribution >= 0.6 is 0 Å². The lowest BCUT2D eigenvalue weighted by Gasteiger charge is -2.07. The molecule has 0 aliphatic rings. The fourth-order valence-electron chi connectivity index (χ4n) is 1.42. The van der Waals surface area contributed by atoms with Crippen molar-refractivity contribution in [3.8, 4) is 11.5 Å². The van der Waals surface area contributed by atoms with E-state index in [0.717, 1.165) is 11.5 Å². The summed E-state index contributed by atoms with van der Waals surface area (Å²) < 4.78 is 10.8. The van der Waals surface area contributed by atoms with Gasteiger partial charge >= 0.3 is 0 Å². The normalized spacial score (nSPS) is 9.89. The molecule has 100 valence electrons. The maximum atomic E-state index is 11.1. The third kappa shape index (κ3) is 5.54. The Labute approximate surface area is 107 Å². The fourth-order valence-corrected chi connectivity index (χ4v) is 1.42. The lowest BCUT2D eigenvalue weighted by molar-refractivity contribution is -0.122. The van der Waals surface area contributed by atoms with Crippen molar-refractivity contribution in [1.82, 2.24) is 10.9 Å². The van der Waals surface area contributed by atoms with Gasteiger partial charge in [-0.3, -0.25) is 10.2 Å². The zero-order chi connectivity index (χ0) is 13.2. The van der Waals surface area contributed by atoms with E-state index in [9.17, 15) is 4.79 Å². The number of amides is 1. The lowest BCUT2D eigenvalue weighted by Crippen LogP contribution is -2.34. The highest BCUT2D eigenvalue weighted by Crippen LogP contribution is 2.17. The van der Waals surface area contributed by atoms with Gasteiger partial charge in [0.2, 0.25) is 5.91 Å². The molecule has 2 N–H and O–H groups in total. The molecule has 0 saturated heterocycles. The molecule has 0 unspecified atom stereocenters. The van der Waals surface area contributed by atoms with Crippen molar-refractivity contribution in [2.24, 2.45) is 0 Å². The third-order valence-electron chi connectivity index (χ3n) is 2.22. The highest BCUT2D eigenvalue weighted by atomic mass is 16.5. The maximum Gasteiger partial charge on any atom is 0.234 e. The lowest BCUT2D eigenvalue weighted by atomic mass is 10.3. The van der Waals surface area contributed by atoms with Gasteiger partial charge in [-0.25, -0.2) is 5.43 Å². The number of rotatable bonds is 8. The smallest absolute Gasteiger partial charge is 0.234 e. The van der Waals surface area contributed by atoms with Gasteiger partial charge in [-0.05, 0) is 37.6 Å². The Bertz CT molecular complexity index is 352. The molecule has 0 fully saturated rings. The van der Waals surface area contributed by atoms with Crippen LogP contribution < -0.4 is 20.3 Å². The Morgan fingerprint density at radius 3 is 2.33 bits per heavy atom. The number of hydrazine groups is 1. The summed E-state index contributed by atoms with van der Waals surface area (Å²) in [4.78, 5) is 11.1. The maximum absolute atomic E-state index is 11.1. The van der Waals surface area contributed by atoms with E-state index in [2.05, 4.69) is 10.9 Å². The summed E-state index contributed by atoms with van der Waals surface area (Å²) in [6.45, 7) is 3.12. The van der Waals surface area contributed by atoms with Gasteiger partial charge in [-0.2, -0.15) is 0 Å². The van der Waals surface area contributed by atoms with Gasteiger partial charge in [0.05, 0.1) is 13.2 Å². The minimum absolute atomic E-state index is 0.0345. The number of hydrogen-bond donors (Lipinski definition) is 2. The molecule has 0 aliphatic heterocycles. The van der Waals surface area contributed by atoms with Gasteiger partial charge < -0.3 is 9.47 Å². The van der Waals surface area contributed by atoms with E-state index in [1.807, 2.05) is 31.2 Å². The predicted octanol–water partition coefficient (Wildman–Crippen LogP) is 1.49. The van der Waals surface area contributed by atoms with Gasteiger partial charge in [0.1, 0.15) is 11.5 Å². The number of benzene rings is 1. The van der Waals surface area contributed by atoms with Crippen molar-refractivity contribution in [1.29, 1.82) is 0 Å². The van der Waals surface area contributed by atoms with Crippen LogP contribution in [-0.2, 0) is 4.79 Å². The molecule has 18 heavy (non-hydrogen) atoms. The van der Waals surface area contributed by atoms with Crippen LogP contribution in [0.25, 0.3) is 0 Å². The second-order valence-electron chi connectivity index (χ2n) is 3.65. The van der Waals surface area contributed by atoms with Crippen molar-refractivity contribution in [2.45, 2.75) is 19.8 Å². The van der Waals surface area contributed by atoms with Crippen molar-refractivity contribution in [3.63, 3.8) is 0 Å². The fraction of sp³-hybridized carbons (Fsp3) is 0.462. The second kappa shape index (κ2) is 8.36. The molecule has 0 spiro atoms. The van der Waals surface area contributed by atoms with Crippen LogP contribution in [0, 0.1) is 0 Å². The molecule has 1 aromatic carbocycles. The molecule has 0 radical (unpaired) electrons. The van der Waals surface area contributed by atoms with Crippen LogP contribution in [0.4, 0.5) is 0 Å². The number of carbonyl (C=O) groups is 1. The quantitative estimate of drug-likeness (QED) is 0.543. The summed E-state index contributed by atoms with van der Waals surface area (Å²) in [7, 11) is 1.66. The van der Waals surface area contributed by atoms with Crippen LogP contribution in [0.5, 0.6) is 11.5 Å². The molecule has 0 saturated carbocycles. The molecule has 1 rings (SSSR count). The summed E-state index contributed by atoms with van der Waals surface area (Å²) >= 11 is 0. The SMILES string of the molecule is CCOc1ccc(OCCCC(=O)NNC)cc1. The Kier molecular flexibility index (Phi) is 6.64. The standard InChI is InChI=1S/C13H20N2O3/c1-3-17-11-6-8-12(9-7-11)18-10-4-5-13(16)15-14-2/h6-9,14H,3-5,10H2,1-2H3,(H,15,16). The number of carbonyl (C=O) groups excluding carboxylic acids is 1. The first-order valence-corrected chi connectivity index (χ1v) is 6.07. The minimum Gasteiger partial charge on any atom is -0.494 e. The molecule has 0 atom stereocenters. The second-order valence-corrected chi connectivity index (χ2v) is 3.65. The van der Waals surface area contributed by atoms with Gasteiger partial charge in [-0.1, -0.05) is 0 Å². The zero-order valence-electron chi connectivity index (χ0n) is 10.9.